The predicted molar refractivity (Wildman–Crippen MR) is 77.8 cm³/mol. The van der Waals surface area contributed by atoms with Gasteiger partial charge in [0.05, 0.1) is 5.56 Å². The van der Waals surface area contributed by atoms with Crippen molar-refractivity contribution >= 4 is 23.2 Å². The second-order valence-electron chi connectivity index (χ2n) is 4.16. The SMILES string of the molecule is NCCNc1nc(Nc2ccncc2)c(C(N)=O)cc1F. The third-order valence-electron chi connectivity index (χ3n) is 2.62. The van der Waals surface area contributed by atoms with Gasteiger partial charge in [-0.05, 0) is 18.2 Å². The number of nitrogens with two attached hydrogens (primary N) is 2. The van der Waals surface area contributed by atoms with E-state index >= 15 is 0 Å². The van der Waals surface area contributed by atoms with Crippen LogP contribution in [0, 0.1) is 5.82 Å². The minimum atomic E-state index is -0.775. The normalized spacial score (nSPS) is 10.2. The van der Waals surface area contributed by atoms with E-state index in [0.29, 0.717) is 18.8 Å². The summed E-state index contributed by atoms with van der Waals surface area (Å²) >= 11 is 0. The Morgan fingerprint density at radius 2 is 2.00 bits per heavy atom. The minimum absolute atomic E-state index is 0.00186. The number of carbonyl (C=O) groups excluding carboxylic acids is 1. The van der Waals surface area contributed by atoms with Gasteiger partial charge in [-0.15, -0.1) is 0 Å². The molecule has 0 fully saturated rings. The first-order chi connectivity index (χ1) is 10.1. The topological polar surface area (TPSA) is 119 Å². The van der Waals surface area contributed by atoms with Crippen LogP contribution in [0.15, 0.2) is 30.6 Å². The highest BCUT2D eigenvalue weighted by Gasteiger charge is 2.15. The predicted octanol–water partition coefficient (Wildman–Crippen LogP) is 0.829. The lowest BCUT2D eigenvalue weighted by Gasteiger charge is -2.12. The summed E-state index contributed by atoms with van der Waals surface area (Å²) < 4.78 is 13.8. The van der Waals surface area contributed by atoms with E-state index in [1.165, 1.54) is 0 Å². The van der Waals surface area contributed by atoms with E-state index in [4.69, 9.17) is 11.5 Å². The maximum absolute atomic E-state index is 13.8. The van der Waals surface area contributed by atoms with Gasteiger partial charge in [0, 0.05) is 31.2 Å². The van der Waals surface area contributed by atoms with Crippen molar-refractivity contribution in [3.8, 4) is 0 Å². The van der Waals surface area contributed by atoms with Crippen LogP contribution in [0.4, 0.5) is 21.7 Å². The van der Waals surface area contributed by atoms with Gasteiger partial charge in [0.1, 0.15) is 5.82 Å². The van der Waals surface area contributed by atoms with Crippen LogP contribution >= 0.6 is 0 Å². The molecule has 7 nitrogen and oxygen atoms in total. The smallest absolute Gasteiger partial charge is 0.252 e. The summed E-state index contributed by atoms with van der Waals surface area (Å²) in [6.45, 7) is 0.681. The van der Waals surface area contributed by atoms with Crippen molar-refractivity contribution in [1.82, 2.24) is 9.97 Å². The summed E-state index contributed by atoms with van der Waals surface area (Å²) in [5.74, 6) is -1.28. The highest BCUT2D eigenvalue weighted by molar-refractivity contribution is 5.98. The lowest BCUT2D eigenvalue weighted by atomic mass is 10.2. The van der Waals surface area contributed by atoms with Crippen LogP contribution in [0.5, 0.6) is 0 Å². The Kier molecular flexibility index (Phi) is 4.62. The Hall–Kier alpha value is -2.74. The molecule has 2 aromatic heterocycles. The average molecular weight is 290 g/mol. The quantitative estimate of drug-likeness (QED) is 0.625. The molecule has 2 heterocycles. The van der Waals surface area contributed by atoms with Crippen LogP contribution in [-0.4, -0.2) is 29.0 Å². The third kappa shape index (κ3) is 3.63. The highest BCUT2D eigenvalue weighted by Crippen LogP contribution is 2.23. The maximum Gasteiger partial charge on any atom is 0.252 e. The second kappa shape index (κ2) is 6.62. The zero-order valence-corrected chi connectivity index (χ0v) is 11.1. The highest BCUT2D eigenvalue weighted by atomic mass is 19.1. The van der Waals surface area contributed by atoms with Gasteiger partial charge in [-0.3, -0.25) is 9.78 Å². The number of anilines is 3. The van der Waals surface area contributed by atoms with Crippen molar-refractivity contribution in [1.29, 1.82) is 0 Å². The number of nitrogens with one attached hydrogen (secondary N) is 2. The van der Waals surface area contributed by atoms with E-state index in [9.17, 15) is 9.18 Å². The van der Waals surface area contributed by atoms with Gasteiger partial charge in [0.2, 0.25) is 0 Å². The fraction of sp³-hybridized carbons (Fsp3) is 0.154. The molecular weight excluding hydrogens is 275 g/mol. The largest absolute Gasteiger partial charge is 0.366 e. The molecule has 1 amide bonds. The number of aromatic nitrogens is 2. The van der Waals surface area contributed by atoms with E-state index in [1.54, 1.807) is 24.5 Å². The van der Waals surface area contributed by atoms with E-state index in [2.05, 4.69) is 20.6 Å². The second-order valence-corrected chi connectivity index (χ2v) is 4.16. The van der Waals surface area contributed by atoms with E-state index in [0.717, 1.165) is 6.07 Å². The van der Waals surface area contributed by atoms with E-state index in [-0.39, 0.29) is 17.2 Å². The Labute approximate surface area is 120 Å². The molecule has 0 saturated heterocycles. The number of halogens is 1. The summed E-state index contributed by atoms with van der Waals surface area (Å²) in [5, 5.41) is 5.65. The van der Waals surface area contributed by atoms with Crippen LogP contribution in [0.2, 0.25) is 0 Å². The number of hydrogen-bond acceptors (Lipinski definition) is 6. The van der Waals surface area contributed by atoms with E-state index < -0.39 is 11.7 Å². The molecule has 0 aliphatic rings. The minimum Gasteiger partial charge on any atom is -0.366 e. The standard InChI is InChI=1S/C13H15FN6O/c14-10-7-9(11(16)21)12(20-13(10)18-6-3-15)19-8-1-4-17-5-2-8/h1-2,4-5,7H,3,6,15H2,(H2,16,21)(H2,17,18,19,20). The molecular formula is C13H15FN6O. The molecule has 2 rings (SSSR count). The molecule has 0 aromatic carbocycles. The molecule has 6 N–H and O–H groups in total. The van der Waals surface area contributed by atoms with Gasteiger partial charge in [0.15, 0.2) is 11.6 Å². The molecule has 0 bridgehead atoms. The van der Waals surface area contributed by atoms with E-state index in [1.807, 2.05) is 0 Å². The molecule has 0 aliphatic heterocycles. The summed E-state index contributed by atoms with van der Waals surface area (Å²) in [5.41, 5.74) is 11.2. The van der Waals surface area contributed by atoms with Crippen molar-refractivity contribution < 1.29 is 9.18 Å². The fourth-order valence-corrected chi connectivity index (χ4v) is 1.66. The number of rotatable bonds is 6. The Balaban J connectivity index is 2.38. The van der Waals surface area contributed by atoms with Gasteiger partial charge >= 0.3 is 0 Å². The number of primary amides is 1. The first kappa shape index (κ1) is 14.7. The fourth-order valence-electron chi connectivity index (χ4n) is 1.66. The van der Waals surface area contributed by atoms with Crippen LogP contribution in [0.3, 0.4) is 0 Å². The Morgan fingerprint density at radius 1 is 1.29 bits per heavy atom. The molecule has 0 radical (unpaired) electrons. The molecule has 110 valence electrons. The molecule has 8 heteroatoms. The molecule has 0 aliphatic carbocycles. The van der Waals surface area contributed by atoms with Crippen LogP contribution < -0.4 is 22.1 Å². The number of amides is 1. The molecule has 21 heavy (non-hydrogen) atoms. The number of carbonyl (C=O) groups is 1. The number of pyridine rings is 2. The lowest BCUT2D eigenvalue weighted by Crippen LogP contribution is -2.18. The van der Waals surface area contributed by atoms with Crippen LogP contribution in [0.25, 0.3) is 0 Å². The molecule has 2 aromatic rings. The summed E-state index contributed by atoms with van der Waals surface area (Å²) in [6, 6.07) is 4.41. The Bertz CT molecular complexity index is 634. The van der Waals surface area contributed by atoms with Crippen molar-refractivity contribution in [3.63, 3.8) is 0 Å². The lowest BCUT2D eigenvalue weighted by molar-refractivity contribution is 0.100. The maximum atomic E-state index is 13.8. The van der Waals surface area contributed by atoms with Crippen LogP contribution in [0.1, 0.15) is 10.4 Å². The number of nitrogens with zero attached hydrogens (tertiary/aromatic N) is 2. The first-order valence-electron chi connectivity index (χ1n) is 6.23. The first-order valence-corrected chi connectivity index (χ1v) is 6.23. The van der Waals surface area contributed by atoms with Gasteiger partial charge in [-0.2, -0.15) is 0 Å². The molecule has 0 unspecified atom stereocenters. The summed E-state index contributed by atoms with van der Waals surface area (Å²) in [6.07, 6.45) is 3.15. The van der Waals surface area contributed by atoms with Crippen molar-refractivity contribution in [2.75, 3.05) is 23.7 Å². The van der Waals surface area contributed by atoms with Gasteiger partial charge < -0.3 is 22.1 Å². The van der Waals surface area contributed by atoms with Gasteiger partial charge in [-0.1, -0.05) is 0 Å². The van der Waals surface area contributed by atoms with Crippen molar-refractivity contribution in [2.24, 2.45) is 11.5 Å². The zero-order chi connectivity index (χ0) is 15.2. The Morgan fingerprint density at radius 3 is 2.62 bits per heavy atom. The summed E-state index contributed by atoms with van der Waals surface area (Å²) in [4.78, 5) is 19.3. The summed E-state index contributed by atoms with van der Waals surface area (Å²) in [7, 11) is 0. The zero-order valence-electron chi connectivity index (χ0n) is 11.1. The molecule has 0 saturated carbocycles. The van der Waals surface area contributed by atoms with Crippen molar-refractivity contribution in [3.05, 3.63) is 42.0 Å². The number of hydrogen-bond donors (Lipinski definition) is 4. The molecule has 0 spiro atoms. The van der Waals surface area contributed by atoms with Crippen LogP contribution in [-0.2, 0) is 0 Å². The van der Waals surface area contributed by atoms with Gasteiger partial charge in [0.25, 0.3) is 5.91 Å². The molecule has 0 atom stereocenters. The average Bonchev–Trinajstić information content (AvgIpc) is 2.48. The van der Waals surface area contributed by atoms with Gasteiger partial charge in [-0.25, -0.2) is 9.37 Å². The monoisotopic (exact) mass is 290 g/mol. The third-order valence-corrected chi connectivity index (χ3v) is 2.62. The van der Waals surface area contributed by atoms with Crippen molar-refractivity contribution in [2.45, 2.75) is 0 Å².